The van der Waals surface area contributed by atoms with Crippen molar-refractivity contribution in [3.8, 4) is 0 Å². The standard InChI is InChI=1S/C2H7BFN/c3-5-2-1-4/h5H,1-3H2. The monoisotopic (exact) mass is 75.1 g/mol. The van der Waals surface area contributed by atoms with E-state index in [1.54, 1.807) is 7.98 Å². The molecule has 0 aromatic rings. The van der Waals surface area contributed by atoms with E-state index in [1.165, 1.54) is 0 Å². The minimum atomic E-state index is -0.267. The topological polar surface area (TPSA) is 12.0 Å². The summed E-state index contributed by atoms with van der Waals surface area (Å²) in [5.41, 5.74) is 0. The Balaban J connectivity index is 2.19. The summed E-state index contributed by atoms with van der Waals surface area (Å²) in [7, 11) is 1.72. The minimum absolute atomic E-state index is 0.267. The van der Waals surface area contributed by atoms with Crippen molar-refractivity contribution < 1.29 is 4.39 Å². The zero-order valence-corrected chi connectivity index (χ0v) is 3.29. The van der Waals surface area contributed by atoms with Crippen LogP contribution in [-0.2, 0) is 0 Å². The fourth-order valence-electron chi connectivity index (χ4n) is 0.0945. The SMILES string of the molecule is BNCCF. The Morgan fingerprint density at radius 3 is 2.40 bits per heavy atom. The molecule has 0 heterocycles. The van der Waals surface area contributed by atoms with E-state index in [-0.39, 0.29) is 6.67 Å². The van der Waals surface area contributed by atoms with E-state index >= 15 is 0 Å². The number of hydrogen-bond acceptors (Lipinski definition) is 1. The molecule has 0 aromatic heterocycles. The summed E-state index contributed by atoms with van der Waals surface area (Å²) in [4.78, 5) is 0. The zero-order chi connectivity index (χ0) is 4.12. The van der Waals surface area contributed by atoms with Crippen molar-refractivity contribution >= 4 is 7.98 Å². The molecule has 0 bridgehead atoms. The number of rotatable bonds is 2. The molecule has 5 heavy (non-hydrogen) atoms. The Labute approximate surface area is 32.0 Å². The van der Waals surface area contributed by atoms with Gasteiger partial charge in [0.05, 0.1) is 0 Å². The summed E-state index contributed by atoms with van der Waals surface area (Å²) in [6, 6.07) is 0. The molecule has 0 radical (unpaired) electrons. The van der Waals surface area contributed by atoms with Gasteiger partial charge in [-0.2, -0.15) is 0 Å². The highest BCUT2D eigenvalue weighted by molar-refractivity contribution is 6.04. The van der Waals surface area contributed by atoms with E-state index in [2.05, 4.69) is 5.23 Å². The molecule has 30 valence electrons. The second-order valence-electron chi connectivity index (χ2n) is 0.793. The Morgan fingerprint density at radius 2 is 2.40 bits per heavy atom. The van der Waals surface area contributed by atoms with Crippen LogP contribution in [0.5, 0.6) is 0 Å². The van der Waals surface area contributed by atoms with Gasteiger partial charge in [0, 0.05) is 6.54 Å². The Bertz CT molecular complexity index is 17.1. The predicted octanol–water partition coefficient (Wildman–Crippen LogP) is -0.906. The quantitative estimate of drug-likeness (QED) is 0.419. The maximum atomic E-state index is 10.9. The molecule has 3 heteroatoms. The average molecular weight is 74.9 g/mol. The second kappa shape index (κ2) is 3.95. The van der Waals surface area contributed by atoms with Gasteiger partial charge >= 0.3 is 0 Å². The first kappa shape index (κ1) is 4.95. The fourth-order valence-corrected chi connectivity index (χ4v) is 0.0945. The van der Waals surface area contributed by atoms with Crippen LogP contribution in [0.3, 0.4) is 0 Å². The van der Waals surface area contributed by atoms with Crippen LogP contribution in [-0.4, -0.2) is 21.2 Å². The highest BCUT2D eigenvalue weighted by Gasteiger charge is 1.68. The van der Waals surface area contributed by atoms with Gasteiger partial charge in [0.1, 0.15) is 6.67 Å². The first-order valence-electron chi connectivity index (χ1n) is 1.62. The Morgan fingerprint density at radius 1 is 1.80 bits per heavy atom. The number of halogens is 1. The van der Waals surface area contributed by atoms with E-state index in [0.29, 0.717) is 6.54 Å². The van der Waals surface area contributed by atoms with E-state index in [9.17, 15) is 4.39 Å². The van der Waals surface area contributed by atoms with Gasteiger partial charge in [-0.3, -0.25) is 0 Å². The Kier molecular flexibility index (Phi) is 3.92. The molecule has 0 aliphatic carbocycles. The van der Waals surface area contributed by atoms with Crippen LogP contribution in [0.1, 0.15) is 0 Å². The van der Waals surface area contributed by atoms with Crippen molar-refractivity contribution in [2.24, 2.45) is 0 Å². The Hall–Kier alpha value is -0.0451. The summed E-state index contributed by atoms with van der Waals surface area (Å²) in [5, 5.41) is 2.64. The molecule has 0 aromatic carbocycles. The molecule has 0 amide bonds. The van der Waals surface area contributed by atoms with Crippen molar-refractivity contribution in [2.45, 2.75) is 0 Å². The smallest absolute Gasteiger partial charge is 0.182 e. The van der Waals surface area contributed by atoms with E-state index < -0.39 is 0 Å². The number of alkyl halides is 1. The molecule has 0 saturated carbocycles. The summed E-state index contributed by atoms with van der Waals surface area (Å²) >= 11 is 0. The van der Waals surface area contributed by atoms with Crippen molar-refractivity contribution in [1.29, 1.82) is 0 Å². The maximum absolute atomic E-state index is 10.9. The zero-order valence-electron chi connectivity index (χ0n) is 3.29. The van der Waals surface area contributed by atoms with Crippen LogP contribution < -0.4 is 5.23 Å². The van der Waals surface area contributed by atoms with Gasteiger partial charge in [-0.05, 0) is 0 Å². The van der Waals surface area contributed by atoms with Gasteiger partial charge in [-0.15, -0.1) is 0 Å². The largest absolute Gasteiger partial charge is 0.360 e. The summed E-state index contributed by atoms with van der Waals surface area (Å²) in [6.07, 6.45) is 0. The average Bonchev–Trinajstić information content (AvgIpc) is 1.41. The molecular weight excluding hydrogens is 67.8 g/mol. The van der Waals surface area contributed by atoms with Gasteiger partial charge in [0.25, 0.3) is 0 Å². The molecule has 0 spiro atoms. The fraction of sp³-hybridized carbons (Fsp3) is 1.00. The molecular formula is C2H7BFN. The minimum Gasteiger partial charge on any atom is -0.360 e. The lowest BCUT2D eigenvalue weighted by molar-refractivity contribution is 0.494. The van der Waals surface area contributed by atoms with Crippen LogP contribution in [0.15, 0.2) is 0 Å². The van der Waals surface area contributed by atoms with Gasteiger partial charge < -0.3 is 5.23 Å². The van der Waals surface area contributed by atoms with Gasteiger partial charge in [-0.1, -0.05) is 0 Å². The van der Waals surface area contributed by atoms with E-state index in [4.69, 9.17) is 0 Å². The van der Waals surface area contributed by atoms with Crippen molar-refractivity contribution in [1.82, 2.24) is 5.23 Å². The second-order valence-corrected chi connectivity index (χ2v) is 0.793. The van der Waals surface area contributed by atoms with Crippen LogP contribution in [0.25, 0.3) is 0 Å². The molecule has 0 fully saturated rings. The lowest BCUT2D eigenvalue weighted by Gasteiger charge is -1.82. The van der Waals surface area contributed by atoms with Crippen molar-refractivity contribution in [2.75, 3.05) is 13.2 Å². The van der Waals surface area contributed by atoms with Crippen LogP contribution >= 0.6 is 0 Å². The third kappa shape index (κ3) is 3.95. The first-order valence-corrected chi connectivity index (χ1v) is 1.62. The molecule has 0 aliphatic rings. The predicted molar refractivity (Wildman–Crippen MR) is 22.5 cm³/mol. The number of nitrogens with one attached hydrogen (secondary N) is 1. The van der Waals surface area contributed by atoms with Crippen LogP contribution in [0.4, 0.5) is 4.39 Å². The van der Waals surface area contributed by atoms with Crippen LogP contribution in [0, 0.1) is 0 Å². The van der Waals surface area contributed by atoms with Crippen LogP contribution in [0.2, 0.25) is 0 Å². The molecule has 0 atom stereocenters. The third-order valence-corrected chi connectivity index (χ3v) is 0.344. The lowest BCUT2D eigenvalue weighted by atomic mass is 10.4. The molecule has 0 aliphatic heterocycles. The van der Waals surface area contributed by atoms with Crippen molar-refractivity contribution in [3.05, 3.63) is 0 Å². The van der Waals surface area contributed by atoms with Gasteiger partial charge in [0.2, 0.25) is 0 Å². The van der Waals surface area contributed by atoms with E-state index in [0.717, 1.165) is 0 Å². The van der Waals surface area contributed by atoms with E-state index in [1.807, 2.05) is 0 Å². The highest BCUT2D eigenvalue weighted by Crippen LogP contribution is 1.54. The number of hydrogen-bond donors (Lipinski definition) is 1. The summed E-state index contributed by atoms with van der Waals surface area (Å²) in [5.74, 6) is 0. The van der Waals surface area contributed by atoms with Gasteiger partial charge in [-0.25, -0.2) is 4.39 Å². The molecule has 0 rings (SSSR count). The molecule has 1 nitrogen and oxygen atoms in total. The lowest BCUT2D eigenvalue weighted by Crippen LogP contribution is -2.10. The first-order chi connectivity index (χ1) is 2.41. The maximum Gasteiger partial charge on any atom is 0.182 e. The normalized spacial score (nSPS) is 8.20. The molecule has 0 saturated heterocycles. The molecule has 0 unspecified atom stereocenters. The highest BCUT2D eigenvalue weighted by atomic mass is 19.1. The summed E-state index contributed by atoms with van der Waals surface area (Å²) in [6.45, 7) is 0.205. The summed E-state index contributed by atoms with van der Waals surface area (Å²) < 4.78 is 10.9. The van der Waals surface area contributed by atoms with Gasteiger partial charge in [0.15, 0.2) is 7.98 Å². The van der Waals surface area contributed by atoms with Crippen molar-refractivity contribution in [3.63, 3.8) is 0 Å². The molecule has 1 N–H and O–H groups in total. The third-order valence-electron chi connectivity index (χ3n) is 0.344.